The van der Waals surface area contributed by atoms with Crippen molar-refractivity contribution in [3.8, 4) is 0 Å². The Morgan fingerprint density at radius 3 is 2.13 bits per heavy atom. The Hall–Kier alpha value is -3.35. The van der Waals surface area contributed by atoms with Gasteiger partial charge in [0.15, 0.2) is 0 Å². The van der Waals surface area contributed by atoms with Crippen LogP contribution in [0.2, 0.25) is 0 Å². The second-order valence-electron chi connectivity index (χ2n) is 11.3. The molecular formula is C32H47N3O4. The van der Waals surface area contributed by atoms with E-state index in [9.17, 15) is 14.4 Å². The SMILES string of the molecule is CCCCCCCCN(C(=O)CNC(=O)OC(C)(C)C)C(C(=O)Nc1ccccc1C)c1cc(C)cc(C)c1. The van der Waals surface area contributed by atoms with Gasteiger partial charge >= 0.3 is 6.09 Å². The summed E-state index contributed by atoms with van der Waals surface area (Å²) in [5, 5.41) is 5.63. The van der Waals surface area contributed by atoms with Crippen molar-refractivity contribution in [2.24, 2.45) is 0 Å². The Labute approximate surface area is 234 Å². The molecule has 0 fully saturated rings. The number of hydrogen-bond donors (Lipinski definition) is 2. The van der Waals surface area contributed by atoms with Gasteiger partial charge in [-0.1, -0.05) is 86.6 Å². The van der Waals surface area contributed by atoms with Crippen LogP contribution in [0.25, 0.3) is 0 Å². The number of ether oxygens (including phenoxy) is 1. The molecular weight excluding hydrogens is 490 g/mol. The first-order chi connectivity index (χ1) is 18.4. The number of benzene rings is 2. The molecule has 7 nitrogen and oxygen atoms in total. The standard InChI is InChI=1S/C32H47N3O4/c1-8-9-10-11-12-15-18-35(28(36)22-33-31(38)39-32(5,6)7)29(26-20-23(2)19-24(3)21-26)30(37)34-27-17-14-13-16-25(27)4/h13-14,16-17,19-21,29H,8-12,15,18,22H2,1-7H3,(H,33,38)(H,34,37). The Kier molecular flexibility index (Phi) is 12.5. The van der Waals surface area contributed by atoms with Crippen LogP contribution in [-0.4, -0.2) is 41.5 Å². The number of amides is 3. The van der Waals surface area contributed by atoms with Gasteiger partial charge in [0, 0.05) is 12.2 Å². The number of hydrogen-bond acceptors (Lipinski definition) is 4. The fourth-order valence-electron chi connectivity index (χ4n) is 4.58. The van der Waals surface area contributed by atoms with Gasteiger partial charge in [0.05, 0.1) is 0 Å². The highest BCUT2D eigenvalue weighted by Gasteiger charge is 2.32. The number of carbonyl (C=O) groups excluding carboxylic acids is 3. The van der Waals surface area contributed by atoms with E-state index in [0.717, 1.165) is 54.4 Å². The number of anilines is 1. The number of carbonyl (C=O) groups is 3. The molecule has 1 atom stereocenters. The van der Waals surface area contributed by atoms with Crippen LogP contribution in [-0.2, 0) is 14.3 Å². The van der Waals surface area contributed by atoms with Crippen molar-refractivity contribution in [2.75, 3.05) is 18.4 Å². The maximum atomic E-state index is 13.9. The number of rotatable bonds is 13. The van der Waals surface area contributed by atoms with E-state index in [-0.39, 0.29) is 18.4 Å². The van der Waals surface area contributed by atoms with E-state index < -0.39 is 17.7 Å². The molecule has 0 aliphatic heterocycles. The van der Waals surface area contributed by atoms with Crippen LogP contribution >= 0.6 is 0 Å². The lowest BCUT2D eigenvalue weighted by molar-refractivity contribution is -0.138. The summed E-state index contributed by atoms with van der Waals surface area (Å²) in [7, 11) is 0. The number of unbranched alkanes of at least 4 members (excludes halogenated alkanes) is 5. The molecule has 0 saturated carbocycles. The quantitative estimate of drug-likeness (QED) is 0.269. The maximum Gasteiger partial charge on any atom is 0.408 e. The molecule has 39 heavy (non-hydrogen) atoms. The highest BCUT2D eigenvalue weighted by Crippen LogP contribution is 2.27. The van der Waals surface area contributed by atoms with Gasteiger partial charge in [-0.3, -0.25) is 9.59 Å². The van der Waals surface area contributed by atoms with Gasteiger partial charge in [0.25, 0.3) is 5.91 Å². The second kappa shape index (κ2) is 15.3. The molecule has 0 aliphatic rings. The molecule has 0 bridgehead atoms. The van der Waals surface area contributed by atoms with E-state index in [2.05, 4.69) is 17.6 Å². The minimum Gasteiger partial charge on any atom is -0.444 e. The number of nitrogens with zero attached hydrogens (tertiary/aromatic N) is 1. The maximum absolute atomic E-state index is 13.9. The lowest BCUT2D eigenvalue weighted by Gasteiger charge is -2.32. The summed E-state index contributed by atoms with van der Waals surface area (Å²) < 4.78 is 5.32. The normalized spacial score (nSPS) is 12.0. The lowest BCUT2D eigenvalue weighted by Crippen LogP contribution is -2.47. The molecule has 0 heterocycles. The van der Waals surface area contributed by atoms with Crippen molar-refractivity contribution in [2.45, 2.75) is 98.6 Å². The molecule has 2 N–H and O–H groups in total. The van der Waals surface area contributed by atoms with Gasteiger partial charge < -0.3 is 20.3 Å². The van der Waals surface area contributed by atoms with Gasteiger partial charge in [0.2, 0.25) is 5.91 Å². The third kappa shape index (κ3) is 11.1. The first-order valence-electron chi connectivity index (χ1n) is 14.1. The van der Waals surface area contributed by atoms with E-state index in [1.807, 2.05) is 63.2 Å². The van der Waals surface area contributed by atoms with Crippen molar-refractivity contribution in [3.05, 3.63) is 64.7 Å². The summed E-state index contributed by atoms with van der Waals surface area (Å²) in [5.41, 5.74) is 3.73. The molecule has 1 unspecified atom stereocenters. The van der Waals surface area contributed by atoms with Gasteiger partial charge in [-0.25, -0.2) is 4.79 Å². The van der Waals surface area contributed by atoms with E-state index in [4.69, 9.17) is 4.74 Å². The molecule has 0 aliphatic carbocycles. The first-order valence-corrected chi connectivity index (χ1v) is 14.1. The molecule has 3 amide bonds. The Balaban J connectivity index is 2.38. The predicted octanol–water partition coefficient (Wildman–Crippen LogP) is 7.01. The molecule has 214 valence electrons. The minimum atomic E-state index is -0.855. The van der Waals surface area contributed by atoms with Crippen molar-refractivity contribution in [1.29, 1.82) is 0 Å². The van der Waals surface area contributed by atoms with Gasteiger partial charge in [-0.05, 0) is 65.2 Å². The summed E-state index contributed by atoms with van der Waals surface area (Å²) in [6.45, 7) is 13.5. The summed E-state index contributed by atoms with van der Waals surface area (Å²) in [6.07, 6.45) is 5.64. The molecule has 2 aromatic rings. The van der Waals surface area contributed by atoms with Crippen LogP contribution in [0.3, 0.4) is 0 Å². The van der Waals surface area contributed by atoms with Gasteiger partial charge in [-0.15, -0.1) is 0 Å². The summed E-state index contributed by atoms with van der Waals surface area (Å²) >= 11 is 0. The van der Waals surface area contributed by atoms with E-state index >= 15 is 0 Å². The zero-order valence-electron chi connectivity index (χ0n) is 24.9. The third-order valence-corrected chi connectivity index (χ3v) is 6.38. The average molecular weight is 538 g/mol. The summed E-state index contributed by atoms with van der Waals surface area (Å²) in [4.78, 5) is 41.5. The van der Waals surface area contributed by atoms with Crippen LogP contribution in [0.5, 0.6) is 0 Å². The molecule has 2 rings (SSSR count). The van der Waals surface area contributed by atoms with E-state index in [1.165, 1.54) is 6.42 Å². The highest BCUT2D eigenvalue weighted by molar-refractivity contribution is 5.99. The predicted molar refractivity (Wildman–Crippen MR) is 158 cm³/mol. The lowest BCUT2D eigenvalue weighted by atomic mass is 9.98. The molecule has 7 heteroatoms. The minimum absolute atomic E-state index is 0.260. The Morgan fingerprint density at radius 1 is 0.897 bits per heavy atom. The molecule has 0 aromatic heterocycles. The van der Waals surface area contributed by atoms with Crippen LogP contribution in [0.1, 0.15) is 94.5 Å². The third-order valence-electron chi connectivity index (χ3n) is 6.38. The van der Waals surface area contributed by atoms with Crippen molar-refractivity contribution >= 4 is 23.6 Å². The van der Waals surface area contributed by atoms with Crippen molar-refractivity contribution in [3.63, 3.8) is 0 Å². The Morgan fingerprint density at radius 2 is 1.51 bits per heavy atom. The van der Waals surface area contributed by atoms with Crippen molar-refractivity contribution < 1.29 is 19.1 Å². The molecule has 2 aromatic carbocycles. The summed E-state index contributed by atoms with van der Waals surface area (Å²) in [6, 6.07) is 12.7. The fourth-order valence-corrected chi connectivity index (χ4v) is 4.58. The number of alkyl carbamates (subject to hydrolysis) is 1. The smallest absolute Gasteiger partial charge is 0.408 e. The molecule has 0 saturated heterocycles. The van der Waals surface area contributed by atoms with Gasteiger partial charge in [-0.2, -0.15) is 0 Å². The van der Waals surface area contributed by atoms with Gasteiger partial charge in [0.1, 0.15) is 18.2 Å². The highest BCUT2D eigenvalue weighted by atomic mass is 16.6. The number of para-hydroxylation sites is 1. The van der Waals surface area contributed by atoms with Crippen LogP contribution in [0.15, 0.2) is 42.5 Å². The second-order valence-corrected chi connectivity index (χ2v) is 11.3. The van der Waals surface area contributed by atoms with Crippen LogP contribution < -0.4 is 10.6 Å². The van der Waals surface area contributed by atoms with Crippen molar-refractivity contribution in [1.82, 2.24) is 10.2 Å². The number of aryl methyl sites for hydroxylation is 3. The monoisotopic (exact) mass is 537 g/mol. The van der Waals surface area contributed by atoms with E-state index in [0.29, 0.717) is 12.2 Å². The summed E-state index contributed by atoms with van der Waals surface area (Å²) in [5.74, 6) is -0.621. The molecule has 0 radical (unpaired) electrons. The topological polar surface area (TPSA) is 87.7 Å². The largest absolute Gasteiger partial charge is 0.444 e. The van der Waals surface area contributed by atoms with Crippen LogP contribution in [0.4, 0.5) is 10.5 Å². The zero-order chi connectivity index (χ0) is 29.0. The number of nitrogens with one attached hydrogen (secondary N) is 2. The average Bonchev–Trinajstić information content (AvgIpc) is 2.83. The van der Waals surface area contributed by atoms with E-state index in [1.54, 1.807) is 25.7 Å². The Bertz CT molecular complexity index is 1090. The van der Waals surface area contributed by atoms with Crippen LogP contribution in [0, 0.1) is 20.8 Å². The first kappa shape index (κ1) is 31.9. The zero-order valence-corrected chi connectivity index (χ0v) is 24.9. The molecule has 0 spiro atoms. The fraction of sp³-hybridized carbons (Fsp3) is 0.531.